The molecule has 0 saturated carbocycles. The third-order valence-electron chi connectivity index (χ3n) is 2.96. The number of H-pyrrole nitrogens is 1. The minimum Gasteiger partial charge on any atom is -0.383 e. The van der Waals surface area contributed by atoms with Gasteiger partial charge in [-0.3, -0.25) is 19.0 Å². The summed E-state index contributed by atoms with van der Waals surface area (Å²) in [6, 6.07) is 1.53. The minimum absolute atomic E-state index is 0.102. The summed E-state index contributed by atoms with van der Waals surface area (Å²) in [4.78, 5) is 26.0. The molecule has 120 valence electrons. The van der Waals surface area contributed by atoms with Crippen molar-refractivity contribution in [1.82, 2.24) is 24.9 Å². The van der Waals surface area contributed by atoms with Gasteiger partial charge in [-0.05, 0) is 5.92 Å². The zero-order valence-corrected chi connectivity index (χ0v) is 13.6. The predicted molar refractivity (Wildman–Crippen MR) is 83.3 cm³/mol. The Bertz CT molecular complexity index is 709. The van der Waals surface area contributed by atoms with Gasteiger partial charge in [0.2, 0.25) is 11.7 Å². The number of hydrogen-bond acceptors (Lipinski definition) is 6. The number of rotatable bonds is 7. The van der Waals surface area contributed by atoms with Gasteiger partial charge in [0.1, 0.15) is 0 Å². The van der Waals surface area contributed by atoms with Crippen LogP contribution in [0.3, 0.4) is 0 Å². The number of fused-ring (bicyclic) bond motifs is 1. The largest absolute Gasteiger partial charge is 0.383 e. The van der Waals surface area contributed by atoms with E-state index < -0.39 is 0 Å². The number of carbonyl (C=O) groups excluding carboxylic acids is 1. The molecule has 0 radical (unpaired) electrons. The SMILES string of the molecule is COCCNC(=O)CSc1nnc2[nH]c(=O)cc(C(C)C)n12. The molecule has 0 bridgehead atoms. The van der Waals surface area contributed by atoms with Crippen LogP contribution in [-0.4, -0.2) is 51.5 Å². The third-order valence-corrected chi connectivity index (χ3v) is 3.89. The van der Waals surface area contributed by atoms with Crippen LogP contribution in [0.1, 0.15) is 25.5 Å². The molecule has 2 aromatic rings. The number of nitrogens with zero attached hydrogens (tertiary/aromatic N) is 3. The first-order valence-electron chi connectivity index (χ1n) is 6.89. The summed E-state index contributed by atoms with van der Waals surface area (Å²) >= 11 is 1.27. The van der Waals surface area contributed by atoms with Gasteiger partial charge in [0, 0.05) is 25.4 Å². The smallest absolute Gasteiger partial charge is 0.252 e. The van der Waals surface area contributed by atoms with Crippen molar-refractivity contribution in [2.45, 2.75) is 24.9 Å². The van der Waals surface area contributed by atoms with E-state index in [1.165, 1.54) is 17.8 Å². The monoisotopic (exact) mass is 325 g/mol. The molecule has 2 N–H and O–H groups in total. The molecular formula is C13H19N5O3S. The van der Waals surface area contributed by atoms with Crippen LogP contribution in [0.15, 0.2) is 16.0 Å². The summed E-state index contributed by atoms with van der Waals surface area (Å²) in [7, 11) is 1.58. The second kappa shape index (κ2) is 7.41. The molecule has 22 heavy (non-hydrogen) atoms. The number of carbonyl (C=O) groups is 1. The quantitative estimate of drug-likeness (QED) is 0.564. The summed E-state index contributed by atoms with van der Waals surface area (Å²) < 4.78 is 6.65. The normalized spacial score (nSPS) is 11.3. The summed E-state index contributed by atoms with van der Waals surface area (Å²) in [5.41, 5.74) is 0.600. The lowest BCUT2D eigenvalue weighted by Crippen LogP contribution is -2.28. The first kappa shape index (κ1) is 16.5. The fourth-order valence-electron chi connectivity index (χ4n) is 1.92. The fourth-order valence-corrected chi connectivity index (χ4v) is 2.70. The van der Waals surface area contributed by atoms with E-state index in [9.17, 15) is 9.59 Å². The first-order chi connectivity index (χ1) is 10.5. The molecule has 0 aromatic carbocycles. The van der Waals surface area contributed by atoms with Crippen LogP contribution in [0.4, 0.5) is 0 Å². The molecule has 0 aliphatic heterocycles. The van der Waals surface area contributed by atoms with E-state index in [4.69, 9.17) is 4.74 Å². The molecule has 0 aliphatic carbocycles. The number of thioether (sulfide) groups is 1. The predicted octanol–water partition coefficient (Wildman–Crippen LogP) is 0.396. The summed E-state index contributed by atoms with van der Waals surface area (Å²) in [6.07, 6.45) is 0. The van der Waals surface area contributed by atoms with E-state index in [2.05, 4.69) is 20.5 Å². The van der Waals surface area contributed by atoms with Crippen molar-refractivity contribution in [2.75, 3.05) is 26.0 Å². The number of amides is 1. The molecule has 8 nitrogen and oxygen atoms in total. The molecule has 0 aliphatic rings. The van der Waals surface area contributed by atoms with E-state index in [1.54, 1.807) is 11.5 Å². The van der Waals surface area contributed by atoms with Crippen LogP contribution in [-0.2, 0) is 9.53 Å². The first-order valence-corrected chi connectivity index (χ1v) is 7.88. The van der Waals surface area contributed by atoms with Gasteiger partial charge in [0.25, 0.3) is 5.56 Å². The van der Waals surface area contributed by atoms with Gasteiger partial charge < -0.3 is 10.1 Å². The Morgan fingerprint density at radius 1 is 1.50 bits per heavy atom. The molecule has 0 spiro atoms. The summed E-state index contributed by atoms with van der Waals surface area (Å²) in [5.74, 6) is 0.643. The Kier molecular flexibility index (Phi) is 5.56. The highest BCUT2D eigenvalue weighted by Crippen LogP contribution is 2.20. The molecule has 1 amide bonds. The van der Waals surface area contributed by atoms with Crippen LogP contribution < -0.4 is 10.9 Å². The van der Waals surface area contributed by atoms with Crippen LogP contribution in [0.2, 0.25) is 0 Å². The average molecular weight is 325 g/mol. The molecule has 2 aromatic heterocycles. The van der Waals surface area contributed by atoms with E-state index >= 15 is 0 Å². The Morgan fingerprint density at radius 2 is 2.27 bits per heavy atom. The Balaban J connectivity index is 2.15. The van der Waals surface area contributed by atoms with Crippen LogP contribution in [0.5, 0.6) is 0 Å². The lowest BCUT2D eigenvalue weighted by atomic mass is 10.1. The number of aromatic nitrogens is 4. The maximum absolute atomic E-state index is 11.7. The second-order valence-electron chi connectivity index (χ2n) is 4.99. The van der Waals surface area contributed by atoms with Gasteiger partial charge in [-0.1, -0.05) is 25.6 Å². The zero-order valence-electron chi connectivity index (χ0n) is 12.8. The van der Waals surface area contributed by atoms with Gasteiger partial charge in [0.05, 0.1) is 12.4 Å². The Morgan fingerprint density at radius 3 is 2.95 bits per heavy atom. The molecule has 0 fully saturated rings. The lowest BCUT2D eigenvalue weighted by Gasteiger charge is -2.09. The van der Waals surface area contributed by atoms with Crippen LogP contribution in [0, 0.1) is 0 Å². The van der Waals surface area contributed by atoms with Crippen molar-refractivity contribution in [1.29, 1.82) is 0 Å². The number of methoxy groups -OCH3 is 1. The molecule has 9 heteroatoms. The summed E-state index contributed by atoms with van der Waals surface area (Å²) in [6.45, 7) is 4.92. The van der Waals surface area contributed by atoms with E-state index in [0.29, 0.717) is 24.1 Å². The molecule has 2 rings (SSSR count). The second-order valence-corrected chi connectivity index (χ2v) is 5.93. The number of hydrogen-bond donors (Lipinski definition) is 2. The highest BCUT2D eigenvalue weighted by Gasteiger charge is 2.15. The molecular weight excluding hydrogens is 306 g/mol. The number of ether oxygens (including phenoxy) is 1. The fraction of sp³-hybridized carbons (Fsp3) is 0.538. The standard InChI is InChI=1S/C13H19N5O3S/c1-8(2)9-6-10(19)15-12-16-17-13(18(9)12)22-7-11(20)14-4-5-21-3/h6,8H,4-5,7H2,1-3H3,(H,14,20)(H,15,16,19). The molecule has 2 heterocycles. The van der Waals surface area contributed by atoms with Crippen molar-refractivity contribution in [3.05, 3.63) is 22.1 Å². The van der Waals surface area contributed by atoms with Gasteiger partial charge in [-0.15, -0.1) is 10.2 Å². The highest BCUT2D eigenvalue weighted by atomic mass is 32.2. The topological polar surface area (TPSA) is 101 Å². The average Bonchev–Trinajstić information content (AvgIpc) is 2.87. The highest BCUT2D eigenvalue weighted by molar-refractivity contribution is 7.99. The van der Waals surface area contributed by atoms with E-state index in [0.717, 1.165) is 5.69 Å². The Labute approximate surface area is 131 Å². The maximum Gasteiger partial charge on any atom is 0.252 e. The zero-order chi connectivity index (χ0) is 16.1. The van der Waals surface area contributed by atoms with E-state index in [1.807, 2.05) is 13.8 Å². The van der Waals surface area contributed by atoms with Crippen LogP contribution in [0.25, 0.3) is 5.78 Å². The third kappa shape index (κ3) is 3.86. The summed E-state index contributed by atoms with van der Waals surface area (Å²) in [5, 5.41) is 11.3. The van der Waals surface area contributed by atoms with Crippen molar-refractivity contribution >= 4 is 23.4 Å². The number of nitrogens with one attached hydrogen (secondary N) is 2. The van der Waals surface area contributed by atoms with Crippen molar-refractivity contribution < 1.29 is 9.53 Å². The molecule has 0 saturated heterocycles. The Hall–Kier alpha value is -1.87. The molecule has 0 unspecified atom stereocenters. The van der Waals surface area contributed by atoms with Gasteiger partial charge in [-0.25, -0.2) is 0 Å². The van der Waals surface area contributed by atoms with Crippen molar-refractivity contribution in [3.8, 4) is 0 Å². The van der Waals surface area contributed by atoms with Crippen molar-refractivity contribution in [3.63, 3.8) is 0 Å². The lowest BCUT2D eigenvalue weighted by molar-refractivity contribution is -0.118. The van der Waals surface area contributed by atoms with Gasteiger partial charge in [-0.2, -0.15) is 0 Å². The minimum atomic E-state index is -0.211. The van der Waals surface area contributed by atoms with E-state index in [-0.39, 0.29) is 23.1 Å². The molecule has 0 atom stereocenters. The number of aromatic amines is 1. The van der Waals surface area contributed by atoms with Crippen LogP contribution >= 0.6 is 11.8 Å². The van der Waals surface area contributed by atoms with Gasteiger partial charge >= 0.3 is 0 Å². The van der Waals surface area contributed by atoms with Crippen molar-refractivity contribution in [2.24, 2.45) is 0 Å². The van der Waals surface area contributed by atoms with Gasteiger partial charge in [0.15, 0.2) is 5.16 Å². The maximum atomic E-state index is 11.7.